The van der Waals surface area contributed by atoms with Crippen molar-refractivity contribution in [3.8, 4) is 4.90 Å². The number of hydrogen-bond acceptors (Lipinski definition) is 2. The molecule has 0 fully saturated rings. The van der Waals surface area contributed by atoms with Gasteiger partial charge in [-0.1, -0.05) is 24.3 Å². The minimum Gasteiger partial charge on any atom is -0.436 e. The Morgan fingerprint density at radius 1 is 0.719 bits per heavy atom. The summed E-state index contributed by atoms with van der Waals surface area (Å²) >= 11 is 0. The number of alkyl halides is 6. The molecule has 9 heteroatoms. The summed E-state index contributed by atoms with van der Waals surface area (Å²) in [5, 5.41) is 2.11. The fraction of sp³-hybridized carbons (Fsp3) is 0.174. The highest BCUT2D eigenvalue weighted by Crippen LogP contribution is 2.49. The third kappa shape index (κ3) is 3.50. The topological polar surface area (TPSA) is 26.3 Å². The lowest BCUT2D eigenvalue weighted by molar-refractivity contribution is -0.358. The van der Waals surface area contributed by atoms with Gasteiger partial charge in [-0.3, -0.25) is 0 Å². The van der Waals surface area contributed by atoms with E-state index in [4.69, 9.17) is 0 Å². The number of benzene rings is 3. The summed E-state index contributed by atoms with van der Waals surface area (Å²) in [6.07, 6.45) is -11.6. The van der Waals surface area contributed by atoms with Crippen LogP contribution < -0.4 is 0 Å². The maximum atomic E-state index is 13.0. The van der Waals surface area contributed by atoms with Gasteiger partial charge >= 0.3 is 18.3 Å². The third-order valence-electron chi connectivity index (χ3n) is 5.21. The summed E-state index contributed by atoms with van der Waals surface area (Å²) in [4.78, 5) is 12.9. The third-order valence-corrected chi connectivity index (χ3v) is 7.54. The lowest BCUT2D eigenvalue weighted by Crippen LogP contribution is -2.57. The number of thiophene rings is 1. The molecule has 1 aromatic heterocycles. The molecule has 0 radical (unpaired) electrons. The highest BCUT2D eigenvalue weighted by atomic mass is 32.2. The van der Waals surface area contributed by atoms with Crippen LogP contribution in [0.4, 0.5) is 26.3 Å². The van der Waals surface area contributed by atoms with Gasteiger partial charge in [-0.05, 0) is 55.5 Å². The van der Waals surface area contributed by atoms with Crippen molar-refractivity contribution < 1.29 is 35.9 Å². The molecule has 0 atom stereocenters. The number of carbonyl (C=O) groups is 1. The molecular weight excluding hydrogens is 454 g/mol. The normalized spacial score (nSPS) is 13.0. The standard InChI is InChI=1S/C23H15F6O2S/c1-21(22(24,25)26,23(27,28)29)31-20(30)14-10-12-15(13-11-14)32-18-8-4-2-6-16(18)17-7-3-5-9-19(17)32/h2-13H,1H3/q+1. The van der Waals surface area contributed by atoms with Gasteiger partial charge in [-0.25, -0.2) is 4.79 Å². The van der Waals surface area contributed by atoms with Crippen LogP contribution in [0.1, 0.15) is 17.3 Å². The van der Waals surface area contributed by atoms with E-state index in [1.807, 2.05) is 48.5 Å². The van der Waals surface area contributed by atoms with Crippen LogP contribution in [0.2, 0.25) is 0 Å². The summed E-state index contributed by atoms with van der Waals surface area (Å²) in [5.41, 5.74) is -5.02. The zero-order chi connectivity index (χ0) is 23.3. The van der Waals surface area contributed by atoms with Gasteiger partial charge in [0, 0.05) is 21.2 Å². The number of hydrogen-bond donors (Lipinski definition) is 0. The number of halogens is 6. The first-order valence-corrected chi connectivity index (χ1v) is 10.6. The van der Waals surface area contributed by atoms with E-state index in [0.717, 1.165) is 25.1 Å². The molecular formula is C23H15F6O2S+. The van der Waals surface area contributed by atoms with Crippen LogP contribution in [0, 0.1) is 0 Å². The van der Waals surface area contributed by atoms with Crippen LogP contribution in [0.3, 0.4) is 0 Å². The highest BCUT2D eigenvalue weighted by Gasteiger charge is 2.71. The van der Waals surface area contributed by atoms with Crippen molar-refractivity contribution in [2.24, 2.45) is 0 Å². The van der Waals surface area contributed by atoms with E-state index in [2.05, 4.69) is 4.74 Å². The van der Waals surface area contributed by atoms with E-state index >= 15 is 0 Å². The number of rotatable bonds is 3. The molecule has 0 N–H and O–H groups in total. The second-order valence-corrected chi connectivity index (χ2v) is 9.20. The monoisotopic (exact) mass is 469 g/mol. The van der Waals surface area contributed by atoms with Crippen LogP contribution in [-0.4, -0.2) is 23.9 Å². The largest absolute Gasteiger partial charge is 0.437 e. The average Bonchev–Trinajstić information content (AvgIpc) is 3.07. The Labute approximate surface area is 181 Å². The Balaban J connectivity index is 1.72. The summed E-state index contributed by atoms with van der Waals surface area (Å²) in [5.74, 6) is -1.70. The van der Waals surface area contributed by atoms with Crippen LogP contribution in [0.15, 0.2) is 72.8 Å². The van der Waals surface area contributed by atoms with Crippen LogP contribution in [0.5, 0.6) is 0 Å². The Morgan fingerprint density at radius 3 is 1.59 bits per heavy atom. The van der Waals surface area contributed by atoms with Crippen LogP contribution in [0.25, 0.3) is 25.1 Å². The van der Waals surface area contributed by atoms with E-state index in [-0.39, 0.29) is 6.92 Å². The van der Waals surface area contributed by atoms with Gasteiger partial charge < -0.3 is 4.74 Å². The molecule has 32 heavy (non-hydrogen) atoms. The van der Waals surface area contributed by atoms with E-state index in [9.17, 15) is 31.1 Å². The first kappa shape index (κ1) is 22.1. The Bertz CT molecular complexity index is 1240. The Kier molecular flexibility index (Phi) is 5.20. The summed E-state index contributed by atoms with van der Waals surface area (Å²) < 4.78 is 84.2. The summed E-state index contributed by atoms with van der Waals surface area (Å²) in [6, 6.07) is 21.0. The fourth-order valence-electron chi connectivity index (χ4n) is 3.35. The minimum absolute atomic E-state index is 0.201. The van der Waals surface area contributed by atoms with Crippen molar-refractivity contribution in [1.29, 1.82) is 0 Å². The second-order valence-electron chi connectivity index (χ2n) is 7.24. The number of ether oxygens (including phenoxy) is 1. The smallest absolute Gasteiger partial charge is 0.436 e. The van der Waals surface area contributed by atoms with Crippen molar-refractivity contribution in [2.45, 2.75) is 24.9 Å². The highest BCUT2D eigenvalue weighted by molar-refractivity contribution is 7.50. The molecule has 0 aliphatic heterocycles. The molecule has 3 aromatic carbocycles. The molecule has 0 saturated heterocycles. The molecule has 0 bridgehead atoms. The second kappa shape index (κ2) is 7.51. The fourth-order valence-corrected chi connectivity index (χ4v) is 5.73. The van der Waals surface area contributed by atoms with Crippen LogP contribution in [-0.2, 0) is 4.74 Å². The Hall–Kier alpha value is -3.07. The molecule has 0 aliphatic carbocycles. The SMILES string of the molecule is CC(OC(=O)c1ccc(-[s+]2c3ccccc3c3ccccc32)cc1)(C(F)(F)F)C(F)(F)F. The molecule has 2 nitrogen and oxygen atoms in total. The molecule has 0 unspecified atom stereocenters. The van der Waals surface area contributed by atoms with Gasteiger partial charge in [-0.2, -0.15) is 26.3 Å². The van der Waals surface area contributed by atoms with Crippen molar-refractivity contribution >= 4 is 36.6 Å². The lowest BCUT2D eigenvalue weighted by Gasteiger charge is -2.33. The van der Waals surface area contributed by atoms with Gasteiger partial charge in [0.25, 0.3) is 5.60 Å². The number of esters is 1. The van der Waals surface area contributed by atoms with Crippen molar-refractivity contribution in [3.05, 3.63) is 78.4 Å². The van der Waals surface area contributed by atoms with Gasteiger partial charge in [0.15, 0.2) is 14.3 Å². The van der Waals surface area contributed by atoms with E-state index in [0.29, 0.717) is 0 Å². The maximum Gasteiger partial charge on any atom is 0.437 e. The quantitative estimate of drug-likeness (QED) is 0.174. The first-order valence-electron chi connectivity index (χ1n) is 9.33. The molecule has 0 amide bonds. The number of fused-ring (bicyclic) bond motifs is 3. The van der Waals surface area contributed by atoms with Gasteiger partial charge in [0.05, 0.1) is 5.56 Å². The summed E-state index contributed by atoms with van der Waals surface area (Å²) in [7, 11) is -0.521. The molecule has 4 aromatic rings. The maximum absolute atomic E-state index is 13.0. The van der Waals surface area contributed by atoms with E-state index in [1.165, 1.54) is 24.3 Å². The van der Waals surface area contributed by atoms with E-state index < -0.39 is 40.0 Å². The zero-order valence-corrected chi connectivity index (χ0v) is 17.2. The molecule has 0 saturated carbocycles. The predicted octanol–water partition coefficient (Wildman–Crippen LogP) is 7.77. The molecule has 0 spiro atoms. The molecule has 0 aliphatic rings. The minimum atomic E-state index is -5.82. The van der Waals surface area contributed by atoms with Crippen LogP contribution >= 0.6 is 10.5 Å². The van der Waals surface area contributed by atoms with Crippen molar-refractivity contribution in [2.75, 3.05) is 0 Å². The van der Waals surface area contributed by atoms with E-state index in [1.54, 1.807) is 0 Å². The Morgan fingerprint density at radius 2 is 1.16 bits per heavy atom. The molecule has 1 heterocycles. The first-order chi connectivity index (χ1) is 14.9. The van der Waals surface area contributed by atoms with Crippen molar-refractivity contribution in [1.82, 2.24) is 0 Å². The lowest BCUT2D eigenvalue weighted by atomic mass is 10.1. The number of carbonyl (C=O) groups excluding carboxylic acids is 1. The van der Waals surface area contributed by atoms with Gasteiger partial charge in [0.1, 0.15) is 0 Å². The predicted molar refractivity (Wildman–Crippen MR) is 111 cm³/mol. The zero-order valence-electron chi connectivity index (χ0n) is 16.4. The van der Waals surface area contributed by atoms with Gasteiger partial charge in [-0.15, -0.1) is 0 Å². The van der Waals surface area contributed by atoms with Gasteiger partial charge in [0.2, 0.25) is 0 Å². The average molecular weight is 469 g/mol. The van der Waals surface area contributed by atoms with Crippen molar-refractivity contribution in [3.63, 3.8) is 0 Å². The molecule has 166 valence electrons. The summed E-state index contributed by atoms with van der Waals surface area (Å²) in [6.45, 7) is -0.201. The molecule has 4 rings (SSSR count).